The minimum Gasteiger partial charge on any atom is -0.383 e. The maximum Gasteiger partial charge on any atom is 0.224 e. The number of carbonyl (C=O) groups is 1. The van der Waals surface area contributed by atoms with Gasteiger partial charge in [0.25, 0.3) is 0 Å². The Morgan fingerprint density at radius 3 is 3.32 bits per heavy atom. The molecule has 0 saturated carbocycles. The summed E-state index contributed by atoms with van der Waals surface area (Å²) in [7, 11) is 1.63. The Kier molecular flexibility index (Phi) is 4.84. The monoisotopic (exact) mass is 320 g/mol. The fourth-order valence-electron chi connectivity index (χ4n) is 2.68. The number of piperidine rings is 1. The smallest absolute Gasteiger partial charge is 0.224 e. The molecule has 1 N–H and O–H groups in total. The minimum absolute atomic E-state index is 0.0191. The second kappa shape index (κ2) is 7.02. The van der Waals surface area contributed by atoms with E-state index in [1.807, 2.05) is 12.1 Å². The zero-order valence-electron chi connectivity index (χ0n) is 12.6. The third-order valence-electron chi connectivity index (χ3n) is 3.82. The summed E-state index contributed by atoms with van der Waals surface area (Å²) in [5.74, 6) is 0.131. The fourth-order valence-corrected chi connectivity index (χ4v) is 3.62. The number of anilines is 1. The molecule has 0 bridgehead atoms. The van der Waals surface area contributed by atoms with Gasteiger partial charge in [-0.1, -0.05) is 11.3 Å². The summed E-state index contributed by atoms with van der Waals surface area (Å²) in [6.07, 6.45) is 3.72. The average Bonchev–Trinajstić information content (AvgIpc) is 2.99. The predicted molar refractivity (Wildman–Crippen MR) is 87.2 cm³/mol. The maximum atomic E-state index is 12.2. The minimum atomic E-state index is 0.0191. The molecule has 7 heteroatoms. The molecule has 1 atom stereocenters. The van der Waals surface area contributed by atoms with Gasteiger partial charge in [-0.2, -0.15) is 0 Å². The molecule has 3 rings (SSSR count). The standard InChI is InChI=1S/C15H20N4O2S/c1-21-9-7-16-13(20)11-4-3-8-19(10-11)15-18-12-5-2-6-17-14(12)22-15/h2,5-6,11H,3-4,7-10H2,1H3,(H,16,20)/t11-/m0/s1. The number of aromatic nitrogens is 2. The lowest BCUT2D eigenvalue weighted by Crippen LogP contribution is -2.43. The number of hydrogen-bond donors (Lipinski definition) is 1. The summed E-state index contributed by atoms with van der Waals surface area (Å²) < 4.78 is 4.96. The molecule has 2 aromatic rings. The van der Waals surface area contributed by atoms with E-state index in [1.165, 1.54) is 0 Å². The third kappa shape index (κ3) is 3.36. The van der Waals surface area contributed by atoms with Crippen molar-refractivity contribution in [1.82, 2.24) is 15.3 Å². The quantitative estimate of drug-likeness (QED) is 0.849. The van der Waals surface area contributed by atoms with Crippen molar-refractivity contribution in [3.63, 3.8) is 0 Å². The Balaban J connectivity index is 1.66. The van der Waals surface area contributed by atoms with Gasteiger partial charge in [-0.05, 0) is 25.0 Å². The molecule has 0 radical (unpaired) electrons. The Hall–Kier alpha value is -1.73. The van der Waals surface area contributed by atoms with Crippen molar-refractivity contribution in [2.75, 3.05) is 38.3 Å². The van der Waals surface area contributed by atoms with E-state index in [4.69, 9.17) is 4.74 Å². The van der Waals surface area contributed by atoms with E-state index in [2.05, 4.69) is 20.2 Å². The van der Waals surface area contributed by atoms with Crippen molar-refractivity contribution >= 4 is 32.7 Å². The van der Waals surface area contributed by atoms with Gasteiger partial charge in [-0.3, -0.25) is 4.79 Å². The van der Waals surface area contributed by atoms with E-state index in [9.17, 15) is 4.79 Å². The van der Waals surface area contributed by atoms with Crippen LogP contribution in [-0.4, -0.2) is 49.2 Å². The highest BCUT2D eigenvalue weighted by atomic mass is 32.1. The number of ether oxygens (including phenoxy) is 1. The van der Waals surface area contributed by atoms with Gasteiger partial charge in [0.05, 0.1) is 12.5 Å². The highest BCUT2D eigenvalue weighted by molar-refractivity contribution is 7.21. The third-order valence-corrected chi connectivity index (χ3v) is 4.86. The van der Waals surface area contributed by atoms with Crippen molar-refractivity contribution in [2.24, 2.45) is 5.92 Å². The normalized spacial score (nSPS) is 18.6. The Labute approximate surface area is 133 Å². The Morgan fingerprint density at radius 2 is 2.50 bits per heavy atom. The van der Waals surface area contributed by atoms with E-state index in [-0.39, 0.29) is 11.8 Å². The summed E-state index contributed by atoms with van der Waals surface area (Å²) >= 11 is 1.59. The topological polar surface area (TPSA) is 67.3 Å². The van der Waals surface area contributed by atoms with Gasteiger partial charge < -0.3 is 15.0 Å². The molecule has 1 aliphatic heterocycles. The number of methoxy groups -OCH3 is 1. The van der Waals surface area contributed by atoms with Gasteiger partial charge in [-0.15, -0.1) is 0 Å². The van der Waals surface area contributed by atoms with E-state index >= 15 is 0 Å². The lowest BCUT2D eigenvalue weighted by Gasteiger charge is -2.31. The van der Waals surface area contributed by atoms with Gasteiger partial charge in [0.15, 0.2) is 5.13 Å². The van der Waals surface area contributed by atoms with Crippen LogP contribution in [0.15, 0.2) is 18.3 Å². The van der Waals surface area contributed by atoms with Crippen LogP contribution in [0.2, 0.25) is 0 Å². The Morgan fingerprint density at radius 1 is 1.59 bits per heavy atom. The van der Waals surface area contributed by atoms with E-state index < -0.39 is 0 Å². The highest BCUT2D eigenvalue weighted by Gasteiger charge is 2.27. The molecule has 0 unspecified atom stereocenters. The largest absolute Gasteiger partial charge is 0.383 e. The van der Waals surface area contributed by atoms with E-state index in [0.717, 1.165) is 41.4 Å². The molecule has 3 heterocycles. The van der Waals surface area contributed by atoms with Crippen LogP contribution in [0.3, 0.4) is 0 Å². The number of nitrogens with one attached hydrogen (secondary N) is 1. The molecule has 6 nitrogen and oxygen atoms in total. The van der Waals surface area contributed by atoms with Crippen LogP contribution in [-0.2, 0) is 9.53 Å². The number of thiazole rings is 1. The molecular formula is C15H20N4O2S. The highest BCUT2D eigenvalue weighted by Crippen LogP contribution is 2.30. The zero-order chi connectivity index (χ0) is 15.4. The number of fused-ring (bicyclic) bond motifs is 1. The molecule has 0 aliphatic carbocycles. The Bertz CT molecular complexity index is 612. The second-order valence-corrected chi connectivity index (χ2v) is 6.35. The van der Waals surface area contributed by atoms with Gasteiger partial charge >= 0.3 is 0 Å². The van der Waals surface area contributed by atoms with Gasteiger partial charge in [0.1, 0.15) is 10.3 Å². The number of pyridine rings is 1. The summed E-state index contributed by atoms with van der Waals surface area (Å²) in [6.45, 7) is 2.78. The average molecular weight is 320 g/mol. The molecular weight excluding hydrogens is 300 g/mol. The molecule has 2 aromatic heterocycles. The first-order valence-corrected chi connectivity index (χ1v) is 8.32. The van der Waals surface area contributed by atoms with Crippen LogP contribution in [0.1, 0.15) is 12.8 Å². The first-order valence-electron chi connectivity index (χ1n) is 7.51. The maximum absolute atomic E-state index is 12.2. The summed E-state index contributed by atoms with van der Waals surface area (Å²) in [4.78, 5) is 24.3. The molecule has 1 saturated heterocycles. The fraction of sp³-hybridized carbons (Fsp3) is 0.533. The lowest BCUT2D eigenvalue weighted by atomic mass is 9.97. The number of nitrogens with zero attached hydrogens (tertiary/aromatic N) is 3. The van der Waals surface area contributed by atoms with Crippen LogP contribution in [0.4, 0.5) is 5.13 Å². The van der Waals surface area contributed by atoms with Gasteiger partial charge in [0.2, 0.25) is 5.91 Å². The molecule has 22 heavy (non-hydrogen) atoms. The number of amides is 1. The molecule has 1 amide bonds. The van der Waals surface area contributed by atoms with Crippen LogP contribution in [0.5, 0.6) is 0 Å². The van der Waals surface area contributed by atoms with E-state index in [1.54, 1.807) is 24.6 Å². The van der Waals surface area contributed by atoms with Crippen LogP contribution >= 0.6 is 11.3 Å². The molecule has 1 aliphatic rings. The summed E-state index contributed by atoms with van der Waals surface area (Å²) in [5.41, 5.74) is 0.925. The zero-order valence-corrected chi connectivity index (χ0v) is 13.4. The summed E-state index contributed by atoms with van der Waals surface area (Å²) in [5, 5.41) is 3.89. The van der Waals surface area contributed by atoms with Crippen molar-refractivity contribution < 1.29 is 9.53 Å². The lowest BCUT2D eigenvalue weighted by molar-refractivity contribution is -0.125. The van der Waals surface area contributed by atoms with Crippen LogP contribution in [0, 0.1) is 5.92 Å². The number of carbonyl (C=O) groups excluding carboxylic acids is 1. The first-order chi connectivity index (χ1) is 10.8. The van der Waals surface area contributed by atoms with Crippen LogP contribution in [0.25, 0.3) is 10.3 Å². The number of rotatable bonds is 5. The summed E-state index contributed by atoms with van der Waals surface area (Å²) in [6, 6.07) is 3.87. The number of hydrogen-bond acceptors (Lipinski definition) is 6. The van der Waals surface area contributed by atoms with Crippen molar-refractivity contribution in [2.45, 2.75) is 12.8 Å². The van der Waals surface area contributed by atoms with Gasteiger partial charge in [-0.25, -0.2) is 9.97 Å². The van der Waals surface area contributed by atoms with Crippen LogP contribution < -0.4 is 10.2 Å². The van der Waals surface area contributed by atoms with E-state index in [0.29, 0.717) is 13.2 Å². The molecule has 118 valence electrons. The first kappa shape index (κ1) is 15.2. The SMILES string of the molecule is COCCNC(=O)[C@H]1CCCN(c2nc3cccnc3s2)C1. The van der Waals surface area contributed by atoms with Gasteiger partial charge in [0, 0.05) is 32.9 Å². The van der Waals surface area contributed by atoms with Crippen molar-refractivity contribution in [1.29, 1.82) is 0 Å². The van der Waals surface area contributed by atoms with Crippen molar-refractivity contribution in [3.05, 3.63) is 18.3 Å². The molecule has 0 aromatic carbocycles. The second-order valence-electron chi connectivity index (χ2n) is 5.39. The molecule has 1 fully saturated rings. The predicted octanol–water partition coefficient (Wildman–Crippen LogP) is 1.67. The molecule has 0 spiro atoms. The van der Waals surface area contributed by atoms with Crippen molar-refractivity contribution in [3.8, 4) is 0 Å².